The molecule has 5 heteroatoms. The van der Waals surface area contributed by atoms with Gasteiger partial charge in [0.15, 0.2) is 0 Å². The van der Waals surface area contributed by atoms with Crippen LogP contribution >= 0.6 is 11.3 Å². The maximum absolute atomic E-state index is 12.4. The molecule has 3 aromatic rings. The summed E-state index contributed by atoms with van der Waals surface area (Å²) in [6.07, 6.45) is 0. The summed E-state index contributed by atoms with van der Waals surface area (Å²) in [5, 5.41) is 3.92. The number of carbonyl (C=O) groups is 1. The van der Waals surface area contributed by atoms with Gasteiger partial charge >= 0.3 is 0 Å². The molecule has 0 saturated heterocycles. The van der Waals surface area contributed by atoms with Crippen molar-refractivity contribution in [1.82, 2.24) is 4.98 Å². The number of carbonyl (C=O) groups excluding carboxylic acids is 1. The average Bonchev–Trinajstić information content (AvgIpc) is 2.93. The van der Waals surface area contributed by atoms with Gasteiger partial charge in [-0.25, -0.2) is 4.98 Å². The number of amides is 1. The highest BCUT2D eigenvalue weighted by Crippen LogP contribution is 2.27. The van der Waals surface area contributed by atoms with Crippen molar-refractivity contribution in [2.75, 3.05) is 12.4 Å². The van der Waals surface area contributed by atoms with E-state index in [-0.39, 0.29) is 5.91 Å². The van der Waals surface area contributed by atoms with Gasteiger partial charge in [-0.05, 0) is 38.1 Å². The topological polar surface area (TPSA) is 51.2 Å². The van der Waals surface area contributed by atoms with Crippen LogP contribution in [0, 0.1) is 13.8 Å². The Bertz CT molecular complexity index is 869. The predicted molar refractivity (Wildman–Crippen MR) is 98.0 cm³/mol. The van der Waals surface area contributed by atoms with E-state index in [4.69, 9.17) is 4.74 Å². The molecule has 0 unspecified atom stereocenters. The van der Waals surface area contributed by atoms with E-state index in [1.54, 1.807) is 24.5 Å². The summed E-state index contributed by atoms with van der Waals surface area (Å²) in [7, 11) is 1.60. The van der Waals surface area contributed by atoms with Crippen LogP contribution in [-0.2, 0) is 0 Å². The van der Waals surface area contributed by atoms with Gasteiger partial charge in [0.2, 0.25) is 0 Å². The summed E-state index contributed by atoms with van der Waals surface area (Å²) in [4.78, 5) is 18.1. The van der Waals surface area contributed by atoms with Gasteiger partial charge in [-0.15, -0.1) is 11.3 Å². The van der Waals surface area contributed by atoms with Gasteiger partial charge in [0.1, 0.15) is 5.75 Å². The Morgan fingerprint density at radius 3 is 2.50 bits per heavy atom. The summed E-state index contributed by atoms with van der Waals surface area (Å²) < 4.78 is 5.16. The molecule has 4 nitrogen and oxygen atoms in total. The SMILES string of the molecule is COc1cccc(NC(=O)c2ccc(-c3nc(C)sc3C)cc2)c1. The minimum absolute atomic E-state index is 0.152. The van der Waals surface area contributed by atoms with Crippen molar-refractivity contribution >= 4 is 22.9 Å². The number of hydrogen-bond donors (Lipinski definition) is 1. The number of anilines is 1. The van der Waals surface area contributed by atoms with Crippen molar-refractivity contribution < 1.29 is 9.53 Å². The molecule has 0 saturated carbocycles. The average molecular weight is 338 g/mol. The third kappa shape index (κ3) is 3.46. The molecule has 3 rings (SSSR count). The number of hydrogen-bond acceptors (Lipinski definition) is 4. The van der Waals surface area contributed by atoms with Crippen molar-refractivity contribution in [2.24, 2.45) is 0 Å². The number of nitrogens with zero attached hydrogens (tertiary/aromatic N) is 1. The van der Waals surface area contributed by atoms with E-state index >= 15 is 0 Å². The maximum atomic E-state index is 12.4. The Kier molecular flexibility index (Phi) is 4.62. The molecule has 0 radical (unpaired) electrons. The first-order chi connectivity index (χ1) is 11.6. The molecule has 0 atom stereocenters. The standard InChI is InChI=1S/C19H18N2O2S/c1-12-18(20-13(2)24-12)14-7-9-15(10-8-14)19(22)21-16-5-4-6-17(11-16)23-3/h4-11H,1-3H3,(H,21,22). The lowest BCUT2D eigenvalue weighted by atomic mass is 10.1. The monoisotopic (exact) mass is 338 g/mol. The molecule has 0 aliphatic carbocycles. The number of aryl methyl sites for hydroxylation is 2. The Hall–Kier alpha value is -2.66. The Balaban J connectivity index is 1.77. The summed E-state index contributed by atoms with van der Waals surface area (Å²) in [5.41, 5.74) is 3.31. The molecular weight excluding hydrogens is 320 g/mol. The van der Waals surface area contributed by atoms with E-state index < -0.39 is 0 Å². The second kappa shape index (κ2) is 6.84. The first kappa shape index (κ1) is 16.2. The van der Waals surface area contributed by atoms with Gasteiger partial charge in [0, 0.05) is 27.8 Å². The van der Waals surface area contributed by atoms with E-state index in [9.17, 15) is 4.79 Å². The number of methoxy groups -OCH3 is 1. The fraction of sp³-hybridized carbons (Fsp3) is 0.158. The Labute approximate surface area is 145 Å². The van der Waals surface area contributed by atoms with Crippen molar-refractivity contribution in [1.29, 1.82) is 0 Å². The molecule has 0 bridgehead atoms. The summed E-state index contributed by atoms with van der Waals surface area (Å²) in [6.45, 7) is 4.06. The van der Waals surface area contributed by atoms with Crippen LogP contribution in [0.15, 0.2) is 48.5 Å². The van der Waals surface area contributed by atoms with Gasteiger partial charge in [0.25, 0.3) is 5.91 Å². The molecule has 1 aromatic heterocycles. The number of nitrogens with one attached hydrogen (secondary N) is 1. The number of aromatic nitrogens is 1. The number of thiazole rings is 1. The normalized spacial score (nSPS) is 10.5. The summed E-state index contributed by atoms with van der Waals surface area (Å²) >= 11 is 1.68. The molecule has 0 fully saturated rings. The van der Waals surface area contributed by atoms with Crippen LogP contribution in [-0.4, -0.2) is 18.0 Å². The maximum Gasteiger partial charge on any atom is 0.255 e. The molecular formula is C19H18N2O2S. The zero-order chi connectivity index (χ0) is 17.1. The fourth-order valence-corrected chi connectivity index (χ4v) is 3.32. The molecule has 0 aliphatic rings. The van der Waals surface area contributed by atoms with Gasteiger partial charge in [0.05, 0.1) is 17.8 Å². The van der Waals surface area contributed by atoms with Crippen LogP contribution in [0.2, 0.25) is 0 Å². The van der Waals surface area contributed by atoms with Gasteiger partial charge in [-0.1, -0.05) is 18.2 Å². The van der Waals surface area contributed by atoms with E-state index in [1.165, 1.54) is 4.88 Å². The molecule has 1 N–H and O–H groups in total. The molecule has 0 spiro atoms. The highest BCUT2D eigenvalue weighted by atomic mass is 32.1. The number of benzene rings is 2. The zero-order valence-electron chi connectivity index (χ0n) is 13.8. The van der Waals surface area contributed by atoms with Crippen molar-refractivity contribution in [2.45, 2.75) is 13.8 Å². The van der Waals surface area contributed by atoms with E-state index in [1.807, 2.05) is 49.4 Å². The highest BCUT2D eigenvalue weighted by Gasteiger charge is 2.10. The van der Waals surface area contributed by atoms with Crippen LogP contribution in [0.5, 0.6) is 5.75 Å². The third-order valence-electron chi connectivity index (χ3n) is 3.65. The van der Waals surface area contributed by atoms with Crippen LogP contribution < -0.4 is 10.1 Å². The first-order valence-corrected chi connectivity index (χ1v) is 8.38. The van der Waals surface area contributed by atoms with Gasteiger partial charge in [-0.2, -0.15) is 0 Å². The highest BCUT2D eigenvalue weighted by molar-refractivity contribution is 7.11. The lowest BCUT2D eigenvalue weighted by Crippen LogP contribution is -2.11. The first-order valence-electron chi connectivity index (χ1n) is 7.56. The Morgan fingerprint density at radius 2 is 1.88 bits per heavy atom. The van der Waals surface area contributed by atoms with E-state index in [2.05, 4.69) is 17.2 Å². The van der Waals surface area contributed by atoms with Crippen molar-refractivity contribution in [3.05, 3.63) is 64.0 Å². The predicted octanol–water partition coefficient (Wildman–Crippen LogP) is 4.69. The molecule has 2 aromatic carbocycles. The summed E-state index contributed by atoms with van der Waals surface area (Å²) in [6, 6.07) is 14.8. The van der Waals surface area contributed by atoms with Crippen molar-refractivity contribution in [3.8, 4) is 17.0 Å². The largest absolute Gasteiger partial charge is 0.497 e. The van der Waals surface area contributed by atoms with Crippen molar-refractivity contribution in [3.63, 3.8) is 0 Å². The smallest absolute Gasteiger partial charge is 0.255 e. The zero-order valence-corrected chi connectivity index (χ0v) is 14.6. The second-order valence-corrected chi connectivity index (χ2v) is 6.81. The minimum atomic E-state index is -0.152. The van der Waals surface area contributed by atoms with Crippen LogP contribution in [0.3, 0.4) is 0 Å². The van der Waals surface area contributed by atoms with Gasteiger partial charge in [-0.3, -0.25) is 4.79 Å². The summed E-state index contributed by atoms with van der Waals surface area (Å²) in [5.74, 6) is 0.554. The van der Waals surface area contributed by atoms with E-state index in [0.717, 1.165) is 16.3 Å². The minimum Gasteiger partial charge on any atom is -0.497 e. The number of rotatable bonds is 4. The van der Waals surface area contributed by atoms with Gasteiger partial charge < -0.3 is 10.1 Å². The third-order valence-corrected chi connectivity index (χ3v) is 4.54. The quantitative estimate of drug-likeness (QED) is 0.751. The van der Waals surface area contributed by atoms with Crippen LogP contribution in [0.25, 0.3) is 11.3 Å². The molecule has 1 amide bonds. The number of ether oxygens (including phenoxy) is 1. The van der Waals surface area contributed by atoms with E-state index in [0.29, 0.717) is 17.0 Å². The fourth-order valence-electron chi connectivity index (χ4n) is 2.48. The Morgan fingerprint density at radius 1 is 1.12 bits per heavy atom. The molecule has 1 heterocycles. The van der Waals surface area contributed by atoms with Crippen LogP contribution in [0.1, 0.15) is 20.2 Å². The molecule has 122 valence electrons. The molecule has 24 heavy (non-hydrogen) atoms. The second-order valence-electron chi connectivity index (χ2n) is 5.40. The lowest BCUT2D eigenvalue weighted by Gasteiger charge is -2.07. The molecule has 0 aliphatic heterocycles. The van der Waals surface area contributed by atoms with Crippen LogP contribution in [0.4, 0.5) is 5.69 Å². The lowest BCUT2D eigenvalue weighted by molar-refractivity contribution is 0.102.